The molecule has 6 nitrogen and oxygen atoms in total. The minimum Gasteiger partial charge on any atom is -0.444 e. The van der Waals surface area contributed by atoms with E-state index in [9.17, 15) is 4.79 Å². The molecule has 0 saturated carbocycles. The van der Waals surface area contributed by atoms with Gasteiger partial charge in [-0.05, 0) is 20.8 Å². The number of hydrogen-bond donors (Lipinski definition) is 1. The Balaban J connectivity index is 0.00000121. The van der Waals surface area contributed by atoms with E-state index in [1.165, 1.54) is 0 Å². The molecule has 1 aromatic heterocycles. The maximum Gasteiger partial charge on any atom is 0.408 e. The summed E-state index contributed by atoms with van der Waals surface area (Å²) in [5, 5.41) is 9.87. The lowest BCUT2D eigenvalue weighted by Crippen LogP contribution is -2.32. The van der Waals surface area contributed by atoms with Crippen molar-refractivity contribution in [3.63, 3.8) is 0 Å². The number of amides is 1. The van der Waals surface area contributed by atoms with Crippen LogP contribution in [0.5, 0.6) is 0 Å². The molecule has 0 radical (unpaired) electrons. The quantitative estimate of drug-likeness (QED) is 0.863. The summed E-state index contributed by atoms with van der Waals surface area (Å²) in [6.45, 7) is 11.2. The minimum atomic E-state index is -0.505. The molecule has 17 heavy (non-hydrogen) atoms. The van der Waals surface area contributed by atoms with Crippen molar-refractivity contribution in [2.24, 2.45) is 0 Å². The van der Waals surface area contributed by atoms with Gasteiger partial charge in [-0.1, -0.05) is 13.8 Å². The Labute approximate surface area is 102 Å². The Bertz CT molecular complexity index is 342. The second-order valence-corrected chi connectivity index (χ2v) is 4.07. The van der Waals surface area contributed by atoms with E-state index in [0.29, 0.717) is 11.8 Å². The lowest BCUT2D eigenvalue weighted by molar-refractivity contribution is 0.0518. The van der Waals surface area contributed by atoms with Crippen LogP contribution in [0.25, 0.3) is 0 Å². The minimum absolute atomic E-state index is 0.176. The standard InChI is InChI=1S/C9H15N3O3.C2H6/c1-6-11-12-7(14-6)5-10-8(13)15-9(2,3)4;1-2/h5H2,1-4H3,(H,10,13);1-2H3. The zero-order valence-corrected chi connectivity index (χ0v) is 11.3. The van der Waals surface area contributed by atoms with E-state index in [4.69, 9.17) is 9.15 Å². The van der Waals surface area contributed by atoms with Crippen LogP contribution in [-0.4, -0.2) is 21.9 Å². The Morgan fingerprint density at radius 2 is 1.94 bits per heavy atom. The highest BCUT2D eigenvalue weighted by Gasteiger charge is 2.16. The first-order valence-electron chi connectivity index (χ1n) is 5.62. The normalized spacial score (nSPS) is 10.2. The van der Waals surface area contributed by atoms with Gasteiger partial charge >= 0.3 is 6.09 Å². The SMILES string of the molecule is CC.Cc1nnc(CNC(=O)OC(C)(C)C)o1. The van der Waals surface area contributed by atoms with Gasteiger partial charge in [0.1, 0.15) is 5.60 Å². The third-order valence-electron chi connectivity index (χ3n) is 1.35. The summed E-state index contributed by atoms with van der Waals surface area (Å²) in [6.07, 6.45) is -0.502. The number of nitrogens with one attached hydrogen (secondary N) is 1. The molecule has 1 rings (SSSR count). The smallest absolute Gasteiger partial charge is 0.408 e. The maximum absolute atomic E-state index is 11.2. The summed E-state index contributed by atoms with van der Waals surface area (Å²) in [4.78, 5) is 11.2. The molecule has 98 valence electrons. The molecule has 1 amide bonds. The Morgan fingerprint density at radius 3 is 2.35 bits per heavy atom. The van der Waals surface area contributed by atoms with E-state index < -0.39 is 11.7 Å². The molecular weight excluding hydrogens is 222 g/mol. The van der Waals surface area contributed by atoms with Gasteiger partial charge in [0, 0.05) is 6.92 Å². The summed E-state index contributed by atoms with van der Waals surface area (Å²) in [5.41, 5.74) is -0.505. The highest BCUT2D eigenvalue weighted by Crippen LogP contribution is 2.06. The molecule has 1 heterocycles. The van der Waals surface area contributed by atoms with Crippen molar-refractivity contribution in [3.05, 3.63) is 11.8 Å². The van der Waals surface area contributed by atoms with Gasteiger partial charge in [-0.3, -0.25) is 0 Å². The number of nitrogens with zero attached hydrogens (tertiary/aromatic N) is 2. The summed E-state index contributed by atoms with van der Waals surface area (Å²) in [5.74, 6) is 0.828. The summed E-state index contributed by atoms with van der Waals surface area (Å²) in [6, 6.07) is 0. The van der Waals surface area contributed by atoms with Crippen molar-refractivity contribution in [2.75, 3.05) is 0 Å². The third kappa shape index (κ3) is 7.32. The molecular formula is C11H21N3O3. The number of carbonyl (C=O) groups is 1. The van der Waals surface area contributed by atoms with Crippen LogP contribution in [0, 0.1) is 6.92 Å². The molecule has 1 aromatic rings. The van der Waals surface area contributed by atoms with E-state index in [1.54, 1.807) is 27.7 Å². The van der Waals surface area contributed by atoms with Crippen molar-refractivity contribution in [1.82, 2.24) is 15.5 Å². The van der Waals surface area contributed by atoms with Crippen LogP contribution in [0.2, 0.25) is 0 Å². The first kappa shape index (κ1) is 15.4. The van der Waals surface area contributed by atoms with Crippen LogP contribution in [0.3, 0.4) is 0 Å². The van der Waals surface area contributed by atoms with Crippen LogP contribution in [0.4, 0.5) is 4.79 Å². The van der Waals surface area contributed by atoms with Gasteiger partial charge in [-0.15, -0.1) is 10.2 Å². The number of aromatic nitrogens is 2. The molecule has 0 fully saturated rings. The topological polar surface area (TPSA) is 77.2 Å². The molecule has 0 spiro atoms. The molecule has 0 aromatic carbocycles. The van der Waals surface area contributed by atoms with Gasteiger partial charge in [-0.2, -0.15) is 0 Å². The first-order chi connectivity index (χ1) is 7.87. The predicted molar refractivity (Wildman–Crippen MR) is 63.5 cm³/mol. The molecule has 0 aliphatic carbocycles. The van der Waals surface area contributed by atoms with Crippen LogP contribution in [0.15, 0.2) is 4.42 Å². The largest absolute Gasteiger partial charge is 0.444 e. The zero-order chi connectivity index (χ0) is 13.5. The molecule has 0 unspecified atom stereocenters. The van der Waals surface area contributed by atoms with Gasteiger partial charge in [0.15, 0.2) is 0 Å². The van der Waals surface area contributed by atoms with Crippen LogP contribution in [0.1, 0.15) is 46.4 Å². The number of alkyl carbamates (subject to hydrolysis) is 1. The van der Waals surface area contributed by atoms with Crippen molar-refractivity contribution in [1.29, 1.82) is 0 Å². The lowest BCUT2D eigenvalue weighted by Gasteiger charge is -2.19. The fourth-order valence-electron chi connectivity index (χ4n) is 0.871. The van der Waals surface area contributed by atoms with E-state index >= 15 is 0 Å². The van der Waals surface area contributed by atoms with Gasteiger partial charge in [0.25, 0.3) is 0 Å². The highest BCUT2D eigenvalue weighted by molar-refractivity contribution is 5.67. The third-order valence-corrected chi connectivity index (χ3v) is 1.35. The van der Waals surface area contributed by atoms with Gasteiger partial charge in [-0.25, -0.2) is 4.79 Å². The van der Waals surface area contributed by atoms with Crippen LogP contribution >= 0.6 is 0 Å². The van der Waals surface area contributed by atoms with Gasteiger partial charge < -0.3 is 14.5 Å². The number of rotatable bonds is 2. The number of hydrogen-bond acceptors (Lipinski definition) is 5. The van der Waals surface area contributed by atoms with Crippen LogP contribution in [-0.2, 0) is 11.3 Å². The second-order valence-electron chi connectivity index (χ2n) is 4.07. The summed E-state index contributed by atoms with van der Waals surface area (Å²) < 4.78 is 10.1. The molecule has 0 aliphatic rings. The molecule has 0 saturated heterocycles. The summed E-state index contributed by atoms with van der Waals surface area (Å²) >= 11 is 0. The Morgan fingerprint density at radius 1 is 1.35 bits per heavy atom. The number of carbonyl (C=O) groups excluding carboxylic acids is 1. The van der Waals surface area contributed by atoms with E-state index in [0.717, 1.165) is 0 Å². The Hall–Kier alpha value is -1.59. The fraction of sp³-hybridized carbons (Fsp3) is 0.727. The van der Waals surface area contributed by atoms with Crippen molar-refractivity contribution in [2.45, 2.75) is 53.7 Å². The Kier molecular flexibility index (Phi) is 6.23. The molecule has 0 bridgehead atoms. The van der Waals surface area contributed by atoms with Crippen LogP contribution < -0.4 is 5.32 Å². The molecule has 1 N–H and O–H groups in total. The van der Waals surface area contributed by atoms with E-state index in [-0.39, 0.29) is 6.54 Å². The average Bonchev–Trinajstić information content (AvgIpc) is 2.62. The van der Waals surface area contributed by atoms with E-state index in [2.05, 4.69) is 15.5 Å². The predicted octanol–water partition coefficient (Wildman–Crippen LogP) is 2.43. The fourth-order valence-corrected chi connectivity index (χ4v) is 0.871. The maximum atomic E-state index is 11.2. The van der Waals surface area contributed by atoms with E-state index in [1.807, 2.05) is 13.8 Å². The average molecular weight is 243 g/mol. The first-order valence-corrected chi connectivity index (χ1v) is 5.62. The molecule has 6 heteroatoms. The van der Waals surface area contributed by atoms with Crippen molar-refractivity contribution >= 4 is 6.09 Å². The highest BCUT2D eigenvalue weighted by atomic mass is 16.6. The van der Waals surface area contributed by atoms with Gasteiger partial charge in [0.05, 0.1) is 6.54 Å². The monoisotopic (exact) mass is 243 g/mol. The zero-order valence-electron chi connectivity index (χ0n) is 11.3. The van der Waals surface area contributed by atoms with Gasteiger partial charge in [0.2, 0.25) is 11.8 Å². The molecule has 0 aliphatic heterocycles. The summed E-state index contributed by atoms with van der Waals surface area (Å²) in [7, 11) is 0. The second kappa shape index (κ2) is 6.88. The number of ether oxygens (including phenoxy) is 1. The number of aryl methyl sites for hydroxylation is 1. The molecule has 0 atom stereocenters. The van der Waals surface area contributed by atoms with Crippen molar-refractivity contribution < 1.29 is 13.9 Å². The van der Waals surface area contributed by atoms with Crippen molar-refractivity contribution in [3.8, 4) is 0 Å². The lowest BCUT2D eigenvalue weighted by atomic mass is 10.2.